The minimum absolute atomic E-state index is 0.150. The molecule has 0 spiro atoms. The zero-order chi connectivity index (χ0) is 23.9. The van der Waals surface area contributed by atoms with Gasteiger partial charge in [-0.2, -0.15) is 0 Å². The number of pyridine rings is 1. The van der Waals surface area contributed by atoms with Crippen LogP contribution in [0.5, 0.6) is 11.5 Å². The molecule has 0 aliphatic carbocycles. The summed E-state index contributed by atoms with van der Waals surface area (Å²) in [5, 5.41) is 7.79. The van der Waals surface area contributed by atoms with E-state index in [9.17, 15) is 8.42 Å². The number of methoxy groups -OCH3 is 2. The molecule has 3 heterocycles. The van der Waals surface area contributed by atoms with E-state index in [0.29, 0.717) is 34.7 Å². The van der Waals surface area contributed by atoms with Gasteiger partial charge in [0.1, 0.15) is 5.82 Å². The second-order valence-electron chi connectivity index (χ2n) is 7.77. The van der Waals surface area contributed by atoms with Crippen molar-refractivity contribution in [3.8, 4) is 23.0 Å². The van der Waals surface area contributed by atoms with Crippen LogP contribution in [-0.4, -0.2) is 44.4 Å². The van der Waals surface area contributed by atoms with Crippen molar-refractivity contribution >= 4 is 15.8 Å². The Morgan fingerprint density at radius 2 is 1.76 bits per heavy atom. The Labute approximate surface area is 197 Å². The molecule has 0 saturated carbocycles. The summed E-state index contributed by atoms with van der Waals surface area (Å²) in [7, 11) is -0.721. The highest BCUT2D eigenvalue weighted by molar-refractivity contribution is 7.92. The van der Waals surface area contributed by atoms with Crippen LogP contribution < -0.4 is 13.8 Å². The fourth-order valence-electron chi connectivity index (χ4n) is 4.12. The Bertz CT molecular complexity index is 1450. The highest BCUT2D eigenvalue weighted by atomic mass is 32.2. The van der Waals surface area contributed by atoms with Gasteiger partial charge in [0.25, 0.3) is 10.0 Å². The maximum absolute atomic E-state index is 13.6. The van der Waals surface area contributed by atoms with Crippen molar-refractivity contribution < 1.29 is 22.3 Å². The quantitative estimate of drug-likeness (QED) is 0.412. The van der Waals surface area contributed by atoms with E-state index in [4.69, 9.17) is 13.9 Å². The smallest absolute Gasteiger partial charge is 0.265 e. The van der Waals surface area contributed by atoms with Gasteiger partial charge in [0, 0.05) is 36.7 Å². The van der Waals surface area contributed by atoms with Crippen molar-refractivity contribution in [2.45, 2.75) is 17.7 Å². The van der Waals surface area contributed by atoms with Crippen molar-refractivity contribution in [1.82, 2.24) is 15.2 Å². The summed E-state index contributed by atoms with van der Waals surface area (Å²) >= 11 is 0. The van der Waals surface area contributed by atoms with Crippen LogP contribution in [0.3, 0.4) is 0 Å². The van der Waals surface area contributed by atoms with Gasteiger partial charge in [-0.15, -0.1) is 10.2 Å². The summed E-state index contributed by atoms with van der Waals surface area (Å²) in [5.74, 6) is 2.17. The standard InChI is InChI=1S/C24H22N4O5S/c1-15-26-27-24(33-15)16-6-9-18(10-7-16)34(29,30)28-14-20(19-5-4-12-25-23(19)28)17-8-11-21(31-2)22(13-17)32-3/h4-13,20H,14H2,1-3H3. The number of fused-ring (bicyclic) bond motifs is 1. The van der Waals surface area contributed by atoms with E-state index >= 15 is 0 Å². The van der Waals surface area contributed by atoms with Gasteiger partial charge in [-0.1, -0.05) is 12.1 Å². The lowest BCUT2D eigenvalue weighted by Gasteiger charge is -2.19. The summed E-state index contributed by atoms with van der Waals surface area (Å²) in [4.78, 5) is 4.56. The van der Waals surface area contributed by atoms with E-state index < -0.39 is 10.0 Å². The first kappa shape index (κ1) is 21.9. The molecule has 2 aromatic heterocycles. The highest BCUT2D eigenvalue weighted by Gasteiger charge is 2.38. The number of ether oxygens (including phenoxy) is 2. The Hall–Kier alpha value is -3.92. The van der Waals surface area contributed by atoms with Crippen molar-refractivity contribution in [2.24, 2.45) is 0 Å². The number of nitrogens with zero attached hydrogens (tertiary/aromatic N) is 4. The van der Waals surface area contributed by atoms with E-state index in [0.717, 1.165) is 11.1 Å². The van der Waals surface area contributed by atoms with Gasteiger partial charge in [0.15, 0.2) is 11.5 Å². The molecule has 34 heavy (non-hydrogen) atoms. The van der Waals surface area contributed by atoms with Crippen LogP contribution in [-0.2, 0) is 10.0 Å². The van der Waals surface area contributed by atoms with Crippen LogP contribution in [0.1, 0.15) is 22.9 Å². The summed E-state index contributed by atoms with van der Waals surface area (Å²) in [6, 6.07) is 15.7. The minimum atomic E-state index is -3.87. The Balaban J connectivity index is 1.51. The van der Waals surface area contributed by atoms with Gasteiger partial charge < -0.3 is 13.9 Å². The third-order valence-corrected chi connectivity index (χ3v) is 7.57. The summed E-state index contributed by atoms with van der Waals surface area (Å²) in [5.41, 5.74) is 2.38. The molecule has 0 fully saturated rings. The molecular weight excluding hydrogens is 456 g/mol. The molecule has 0 N–H and O–H groups in total. The van der Waals surface area contributed by atoms with Crippen LogP contribution in [0.25, 0.3) is 11.5 Å². The number of anilines is 1. The van der Waals surface area contributed by atoms with Crippen LogP contribution >= 0.6 is 0 Å². The van der Waals surface area contributed by atoms with Gasteiger partial charge in [0.2, 0.25) is 11.8 Å². The number of benzene rings is 2. The summed E-state index contributed by atoms with van der Waals surface area (Å²) in [6.45, 7) is 1.91. The molecule has 0 saturated heterocycles. The average Bonchev–Trinajstić information content (AvgIpc) is 3.48. The second-order valence-corrected chi connectivity index (χ2v) is 9.63. The normalized spacial score (nSPS) is 15.3. The molecule has 1 aliphatic rings. The lowest BCUT2D eigenvalue weighted by Crippen LogP contribution is -2.30. The van der Waals surface area contributed by atoms with Crippen molar-refractivity contribution in [3.63, 3.8) is 0 Å². The molecule has 10 heteroatoms. The molecule has 1 atom stereocenters. The molecule has 5 rings (SSSR count). The zero-order valence-corrected chi connectivity index (χ0v) is 19.6. The van der Waals surface area contributed by atoms with Crippen LogP contribution in [0, 0.1) is 6.92 Å². The van der Waals surface area contributed by atoms with E-state index in [-0.39, 0.29) is 17.4 Å². The molecule has 1 aliphatic heterocycles. The number of hydrogen-bond acceptors (Lipinski definition) is 8. The van der Waals surface area contributed by atoms with E-state index in [1.165, 1.54) is 16.4 Å². The average molecular weight is 479 g/mol. The number of aromatic nitrogens is 3. The third-order valence-electron chi connectivity index (χ3n) is 5.80. The van der Waals surface area contributed by atoms with E-state index in [2.05, 4.69) is 15.2 Å². The van der Waals surface area contributed by atoms with Crippen molar-refractivity contribution in [2.75, 3.05) is 25.1 Å². The molecule has 1 unspecified atom stereocenters. The molecule has 0 bridgehead atoms. The number of sulfonamides is 1. The number of rotatable bonds is 6. The largest absolute Gasteiger partial charge is 0.493 e. The van der Waals surface area contributed by atoms with Gasteiger partial charge in [-0.3, -0.25) is 0 Å². The number of aryl methyl sites for hydroxylation is 1. The highest BCUT2D eigenvalue weighted by Crippen LogP contribution is 2.43. The molecule has 2 aromatic carbocycles. The molecular formula is C24H22N4O5S. The molecule has 174 valence electrons. The fourth-order valence-corrected chi connectivity index (χ4v) is 5.58. The first-order valence-corrected chi connectivity index (χ1v) is 12.0. The van der Waals surface area contributed by atoms with Crippen LogP contribution in [0.2, 0.25) is 0 Å². The predicted octanol–water partition coefficient (Wildman–Crippen LogP) is 3.80. The fraction of sp³-hybridized carbons (Fsp3) is 0.208. The predicted molar refractivity (Wildman–Crippen MR) is 125 cm³/mol. The van der Waals surface area contributed by atoms with Crippen molar-refractivity contribution in [3.05, 3.63) is 77.8 Å². The lowest BCUT2D eigenvalue weighted by atomic mass is 9.94. The topological polar surface area (TPSA) is 108 Å². The molecule has 0 amide bonds. The van der Waals surface area contributed by atoms with E-state index in [1.807, 2.05) is 30.3 Å². The van der Waals surface area contributed by atoms with Crippen LogP contribution in [0.15, 0.2) is 70.1 Å². The van der Waals surface area contributed by atoms with E-state index in [1.54, 1.807) is 39.5 Å². The molecule has 4 aromatic rings. The maximum atomic E-state index is 13.6. The Kier molecular flexibility index (Phi) is 5.45. The number of hydrogen-bond donors (Lipinski definition) is 0. The Morgan fingerprint density at radius 1 is 1.00 bits per heavy atom. The third kappa shape index (κ3) is 3.65. The molecule has 9 nitrogen and oxygen atoms in total. The first-order chi connectivity index (χ1) is 16.4. The Morgan fingerprint density at radius 3 is 2.44 bits per heavy atom. The lowest BCUT2D eigenvalue weighted by molar-refractivity contribution is 0.354. The van der Waals surface area contributed by atoms with Gasteiger partial charge >= 0.3 is 0 Å². The van der Waals surface area contributed by atoms with Gasteiger partial charge in [-0.05, 0) is 48.0 Å². The van der Waals surface area contributed by atoms with Crippen LogP contribution in [0.4, 0.5) is 5.82 Å². The monoisotopic (exact) mass is 478 g/mol. The minimum Gasteiger partial charge on any atom is -0.493 e. The van der Waals surface area contributed by atoms with Gasteiger partial charge in [-0.25, -0.2) is 17.7 Å². The molecule has 0 radical (unpaired) electrons. The summed E-state index contributed by atoms with van der Waals surface area (Å²) in [6.07, 6.45) is 1.60. The SMILES string of the molecule is COc1ccc(C2CN(S(=O)(=O)c3ccc(-c4nnc(C)o4)cc3)c3ncccc32)cc1OC. The zero-order valence-electron chi connectivity index (χ0n) is 18.8. The van der Waals surface area contributed by atoms with Gasteiger partial charge in [0.05, 0.1) is 19.1 Å². The van der Waals surface area contributed by atoms with Crippen molar-refractivity contribution in [1.29, 1.82) is 0 Å². The summed E-state index contributed by atoms with van der Waals surface area (Å²) < 4.78 is 44.9. The second kappa shape index (κ2) is 8.45. The first-order valence-electron chi connectivity index (χ1n) is 10.5. The maximum Gasteiger partial charge on any atom is 0.265 e.